The summed E-state index contributed by atoms with van der Waals surface area (Å²) in [5, 5.41) is 0. The molecule has 0 spiro atoms. The molecule has 0 amide bonds. The van der Waals surface area contributed by atoms with Gasteiger partial charge in [0, 0.05) is 6.92 Å². The zero-order valence-electron chi connectivity index (χ0n) is 20.2. The van der Waals surface area contributed by atoms with Crippen LogP contribution in [-0.2, 0) is 9.53 Å². The van der Waals surface area contributed by atoms with Gasteiger partial charge in [0.1, 0.15) is 6.10 Å². The molecule has 0 bridgehead atoms. The fraction of sp³-hybridized carbons (Fsp3) is 0.893. The third-order valence-corrected chi connectivity index (χ3v) is 9.99. The van der Waals surface area contributed by atoms with Gasteiger partial charge in [-0.2, -0.15) is 0 Å². The van der Waals surface area contributed by atoms with Crippen molar-refractivity contribution in [2.24, 2.45) is 52.8 Å². The number of hydrogen-bond acceptors (Lipinski definition) is 2. The van der Waals surface area contributed by atoms with Crippen LogP contribution in [0.2, 0.25) is 0 Å². The topological polar surface area (TPSA) is 26.3 Å². The van der Waals surface area contributed by atoms with Gasteiger partial charge in [-0.25, -0.2) is 0 Å². The van der Waals surface area contributed by atoms with Crippen molar-refractivity contribution in [2.45, 2.75) is 105 Å². The molecule has 30 heavy (non-hydrogen) atoms. The highest BCUT2D eigenvalue weighted by atomic mass is 16.5. The second-order valence-electron chi connectivity index (χ2n) is 12.1. The summed E-state index contributed by atoms with van der Waals surface area (Å²) >= 11 is 0. The van der Waals surface area contributed by atoms with E-state index in [4.69, 9.17) is 4.74 Å². The maximum atomic E-state index is 11.4. The summed E-state index contributed by atoms with van der Waals surface area (Å²) in [5.74, 6) is 6.87. The highest BCUT2D eigenvalue weighted by Crippen LogP contribution is 2.65. The molecule has 0 aromatic rings. The molecule has 170 valence electrons. The summed E-state index contributed by atoms with van der Waals surface area (Å²) in [7, 11) is 0. The van der Waals surface area contributed by atoms with E-state index in [0.29, 0.717) is 5.41 Å². The molecule has 0 aliphatic heterocycles. The Morgan fingerprint density at radius 3 is 2.50 bits per heavy atom. The van der Waals surface area contributed by atoms with Gasteiger partial charge in [-0.1, -0.05) is 39.8 Å². The largest absolute Gasteiger partial charge is 0.463 e. The molecule has 4 aliphatic carbocycles. The Bertz CT molecular complexity index is 637. The summed E-state index contributed by atoms with van der Waals surface area (Å²) in [5.41, 5.74) is 0.560. The third-order valence-electron chi connectivity index (χ3n) is 9.99. The average molecular weight is 415 g/mol. The molecule has 2 nitrogen and oxygen atoms in total. The molecule has 0 unspecified atom stereocenters. The number of fused-ring (bicyclic) bond motifs is 5. The van der Waals surface area contributed by atoms with Crippen molar-refractivity contribution in [3.8, 4) is 0 Å². The van der Waals surface area contributed by atoms with Crippen LogP contribution in [0.25, 0.3) is 0 Å². The number of esters is 1. The van der Waals surface area contributed by atoms with Gasteiger partial charge in [-0.3, -0.25) is 4.79 Å². The molecule has 0 aromatic heterocycles. The smallest absolute Gasteiger partial charge is 0.302 e. The van der Waals surface area contributed by atoms with Crippen LogP contribution in [0.15, 0.2) is 12.2 Å². The standard InChI is InChI=1S/C28H46O2/c1-18(2)7-6-8-19(3)26-13-14-27-25-11-9-21-17-22(30-20(4)29)10-12-23(21)24(25)15-16-28(26,27)5/h6,8,18-19,21-27H,7,9-17H2,1-5H3/b8-6-/t19-,21-,22-,23-,24+,25+,26-,27+,28+/m0/s1. The van der Waals surface area contributed by atoms with E-state index in [9.17, 15) is 4.79 Å². The monoisotopic (exact) mass is 414 g/mol. The first-order valence-corrected chi connectivity index (χ1v) is 13.1. The number of allylic oxidation sites excluding steroid dienone is 2. The van der Waals surface area contributed by atoms with E-state index >= 15 is 0 Å². The first-order chi connectivity index (χ1) is 14.3. The van der Waals surface area contributed by atoms with E-state index in [0.717, 1.165) is 60.2 Å². The van der Waals surface area contributed by atoms with Crippen LogP contribution in [0.3, 0.4) is 0 Å². The Morgan fingerprint density at radius 1 is 1.00 bits per heavy atom. The van der Waals surface area contributed by atoms with Gasteiger partial charge >= 0.3 is 5.97 Å². The lowest BCUT2D eigenvalue weighted by molar-refractivity contribution is -0.152. The minimum atomic E-state index is -0.0888. The Kier molecular flexibility index (Phi) is 6.71. The van der Waals surface area contributed by atoms with Crippen molar-refractivity contribution in [3.63, 3.8) is 0 Å². The highest BCUT2D eigenvalue weighted by Gasteiger charge is 2.57. The van der Waals surface area contributed by atoms with E-state index in [2.05, 4.69) is 39.8 Å². The second kappa shape index (κ2) is 8.99. The maximum Gasteiger partial charge on any atom is 0.302 e. The van der Waals surface area contributed by atoms with Crippen molar-refractivity contribution in [3.05, 3.63) is 12.2 Å². The van der Waals surface area contributed by atoms with E-state index in [1.807, 2.05) is 0 Å². The van der Waals surface area contributed by atoms with Gasteiger partial charge in [0.15, 0.2) is 0 Å². The van der Waals surface area contributed by atoms with Crippen LogP contribution in [0, 0.1) is 52.8 Å². The van der Waals surface area contributed by atoms with Crippen molar-refractivity contribution < 1.29 is 9.53 Å². The van der Waals surface area contributed by atoms with E-state index in [1.165, 1.54) is 51.4 Å². The van der Waals surface area contributed by atoms with E-state index < -0.39 is 0 Å². The molecule has 4 fully saturated rings. The lowest BCUT2D eigenvalue weighted by Gasteiger charge is -2.56. The van der Waals surface area contributed by atoms with Crippen LogP contribution < -0.4 is 0 Å². The fourth-order valence-electron chi connectivity index (χ4n) is 8.76. The van der Waals surface area contributed by atoms with Crippen molar-refractivity contribution in [1.82, 2.24) is 0 Å². The van der Waals surface area contributed by atoms with Crippen LogP contribution in [0.4, 0.5) is 0 Å². The predicted molar refractivity (Wildman–Crippen MR) is 124 cm³/mol. The Hall–Kier alpha value is -0.790. The summed E-state index contributed by atoms with van der Waals surface area (Å²) in [4.78, 5) is 11.4. The number of rotatable bonds is 5. The summed E-state index contributed by atoms with van der Waals surface area (Å²) in [6.07, 6.45) is 18.6. The molecule has 0 aromatic carbocycles. The first kappa shape index (κ1) is 22.4. The molecule has 0 saturated heterocycles. The zero-order valence-corrected chi connectivity index (χ0v) is 20.2. The highest BCUT2D eigenvalue weighted by molar-refractivity contribution is 5.66. The van der Waals surface area contributed by atoms with Gasteiger partial charge < -0.3 is 4.74 Å². The minimum absolute atomic E-state index is 0.0888. The Labute approximate surface area is 185 Å². The molecule has 2 heteroatoms. The average Bonchev–Trinajstić information content (AvgIpc) is 3.04. The van der Waals surface area contributed by atoms with Crippen LogP contribution >= 0.6 is 0 Å². The number of carbonyl (C=O) groups excluding carboxylic acids is 1. The van der Waals surface area contributed by atoms with Crippen LogP contribution in [-0.4, -0.2) is 12.1 Å². The van der Waals surface area contributed by atoms with Gasteiger partial charge in [0.25, 0.3) is 0 Å². The minimum Gasteiger partial charge on any atom is -0.463 e. The van der Waals surface area contributed by atoms with Gasteiger partial charge in [0.05, 0.1) is 0 Å². The Morgan fingerprint density at radius 2 is 1.77 bits per heavy atom. The van der Waals surface area contributed by atoms with Crippen LogP contribution in [0.5, 0.6) is 0 Å². The van der Waals surface area contributed by atoms with Crippen molar-refractivity contribution in [1.29, 1.82) is 0 Å². The molecule has 4 rings (SSSR count). The Balaban J connectivity index is 1.42. The van der Waals surface area contributed by atoms with Crippen molar-refractivity contribution >= 4 is 5.97 Å². The lowest BCUT2D eigenvalue weighted by Crippen LogP contribution is -2.49. The zero-order chi connectivity index (χ0) is 21.5. The maximum absolute atomic E-state index is 11.4. The molecule has 4 saturated carbocycles. The molecule has 9 atom stereocenters. The lowest BCUT2D eigenvalue weighted by atomic mass is 9.49. The first-order valence-electron chi connectivity index (χ1n) is 13.1. The quantitative estimate of drug-likeness (QED) is 0.345. The number of ether oxygens (including phenoxy) is 1. The SMILES string of the molecule is CC(=O)O[C@H]1CC[C@H]2[C@@H](CC[C@@H]3[C@@H]2CC[C@@]2(C)[C@@H]3CC[C@H]2[C@@H](C)/C=C\CC(C)C)C1. The number of carbonyl (C=O) groups is 1. The molecular weight excluding hydrogens is 368 g/mol. The molecule has 0 N–H and O–H groups in total. The van der Waals surface area contributed by atoms with Gasteiger partial charge in [-0.15, -0.1) is 0 Å². The second-order valence-corrected chi connectivity index (χ2v) is 12.1. The van der Waals surface area contributed by atoms with Crippen LogP contribution in [0.1, 0.15) is 98.8 Å². The van der Waals surface area contributed by atoms with Gasteiger partial charge in [-0.05, 0) is 117 Å². The summed E-state index contributed by atoms with van der Waals surface area (Å²) in [6.45, 7) is 11.4. The van der Waals surface area contributed by atoms with Gasteiger partial charge in [0.2, 0.25) is 0 Å². The molecule has 4 aliphatic rings. The molecule has 0 heterocycles. The van der Waals surface area contributed by atoms with E-state index in [1.54, 1.807) is 6.92 Å². The number of hydrogen-bond donors (Lipinski definition) is 0. The third kappa shape index (κ3) is 4.26. The molecular formula is C28H46O2. The fourth-order valence-corrected chi connectivity index (χ4v) is 8.76. The predicted octanol–water partition coefficient (Wildman–Crippen LogP) is 7.43. The van der Waals surface area contributed by atoms with E-state index in [-0.39, 0.29) is 12.1 Å². The summed E-state index contributed by atoms with van der Waals surface area (Å²) in [6, 6.07) is 0. The normalized spacial score (nSPS) is 44.4. The summed E-state index contributed by atoms with van der Waals surface area (Å²) < 4.78 is 5.60. The van der Waals surface area contributed by atoms with Crippen molar-refractivity contribution in [2.75, 3.05) is 0 Å². The molecule has 0 radical (unpaired) electrons.